The van der Waals surface area contributed by atoms with Crippen LogP contribution in [-0.4, -0.2) is 4.98 Å². The summed E-state index contributed by atoms with van der Waals surface area (Å²) in [5.74, 6) is -0.394. The van der Waals surface area contributed by atoms with Crippen molar-refractivity contribution >= 4 is 0 Å². The van der Waals surface area contributed by atoms with Crippen LogP contribution in [0.15, 0.2) is 48.7 Å². The fraction of sp³-hybridized carbons (Fsp3) is 0.0833. The number of rotatable bonds is 3. The van der Waals surface area contributed by atoms with Crippen molar-refractivity contribution in [2.75, 3.05) is 0 Å². The molecule has 3 heteroatoms. The molecule has 0 aliphatic heterocycles. The van der Waals surface area contributed by atoms with Gasteiger partial charge in [0.05, 0.1) is 0 Å². The second kappa shape index (κ2) is 4.55. The van der Waals surface area contributed by atoms with Gasteiger partial charge in [0.2, 0.25) is 0 Å². The molecule has 1 aromatic carbocycles. The summed E-state index contributed by atoms with van der Waals surface area (Å²) in [4.78, 5) is 3.80. The molecular formula is C12H10FNO. The number of hydrogen-bond donors (Lipinski definition) is 0. The Morgan fingerprint density at radius 1 is 1.07 bits per heavy atom. The van der Waals surface area contributed by atoms with Crippen LogP contribution in [0, 0.1) is 5.82 Å². The molecule has 1 aromatic heterocycles. The van der Waals surface area contributed by atoms with Gasteiger partial charge in [0.15, 0.2) is 5.82 Å². The number of hydrogen-bond acceptors (Lipinski definition) is 2. The molecule has 0 saturated heterocycles. The van der Waals surface area contributed by atoms with E-state index in [1.165, 1.54) is 18.3 Å². The highest BCUT2D eigenvalue weighted by Crippen LogP contribution is 2.13. The Hall–Kier alpha value is -1.90. The minimum Gasteiger partial charge on any atom is -0.471 e. The summed E-state index contributed by atoms with van der Waals surface area (Å²) in [6.07, 6.45) is 1.50. The third-order valence-electron chi connectivity index (χ3n) is 1.94. The van der Waals surface area contributed by atoms with E-state index in [1.807, 2.05) is 30.3 Å². The van der Waals surface area contributed by atoms with E-state index < -0.39 is 5.82 Å². The molecule has 0 atom stereocenters. The first kappa shape index (κ1) is 9.65. The summed E-state index contributed by atoms with van der Waals surface area (Å²) >= 11 is 0. The van der Waals surface area contributed by atoms with Crippen molar-refractivity contribution in [2.24, 2.45) is 0 Å². The molecule has 0 N–H and O–H groups in total. The molecule has 0 fully saturated rings. The Morgan fingerprint density at radius 3 is 2.60 bits per heavy atom. The number of benzene rings is 1. The lowest BCUT2D eigenvalue weighted by molar-refractivity contribution is 0.277. The zero-order chi connectivity index (χ0) is 10.5. The molecule has 0 spiro atoms. The molecular weight excluding hydrogens is 193 g/mol. The molecule has 0 bridgehead atoms. The number of aromatic nitrogens is 1. The normalized spacial score (nSPS) is 9.93. The molecule has 2 aromatic rings. The maximum atomic E-state index is 13.1. The summed E-state index contributed by atoms with van der Waals surface area (Å²) in [5, 5.41) is 0. The van der Waals surface area contributed by atoms with Crippen LogP contribution in [0.25, 0.3) is 0 Å². The molecule has 2 nitrogen and oxygen atoms in total. The van der Waals surface area contributed by atoms with E-state index in [4.69, 9.17) is 4.74 Å². The minimum absolute atomic E-state index is 0.0429. The maximum Gasteiger partial charge on any atom is 0.250 e. The number of ether oxygens (including phenoxy) is 1. The van der Waals surface area contributed by atoms with Gasteiger partial charge >= 0.3 is 0 Å². The molecule has 76 valence electrons. The standard InChI is InChI=1S/C12H10FNO/c13-11-7-4-8-14-12(11)15-9-10-5-2-1-3-6-10/h1-8H,9H2. The summed E-state index contributed by atoms with van der Waals surface area (Å²) < 4.78 is 18.3. The van der Waals surface area contributed by atoms with Crippen molar-refractivity contribution in [1.82, 2.24) is 4.98 Å². The molecule has 0 aliphatic rings. The summed E-state index contributed by atoms with van der Waals surface area (Å²) in [6.45, 7) is 0.328. The van der Waals surface area contributed by atoms with Gasteiger partial charge in [-0.15, -0.1) is 0 Å². The first-order valence-electron chi connectivity index (χ1n) is 4.63. The van der Waals surface area contributed by atoms with E-state index in [0.29, 0.717) is 6.61 Å². The van der Waals surface area contributed by atoms with Crippen molar-refractivity contribution in [3.8, 4) is 5.88 Å². The molecule has 0 saturated carbocycles. The van der Waals surface area contributed by atoms with Crippen molar-refractivity contribution in [3.05, 3.63) is 60.0 Å². The van der Waals surface area contributed by atoms with Gasteiger partial charge in [-0.1, -0.05) is 30.3 Å². The second-order valence-corrected chi connectivity index (χ2v) is 3.06. The lowest BCUT2D eigenvalue weighted by Gasteiger charge is -2.05. The van der Waals surface area contributed by atoms with Gasteiger partial charge in [-0.2, -0.15) is 0 Å². The molecule has 1 heterocycles. The molecule has 15 heavy (non-hydrogen) atoms. The fourth-order valence-electron chi connectivity index (χ4n) is 1.20. The zero-order valence-corrected chi connectivity index (χ0v) is 8.06. The van der Waals surface area contributed by atoms with Crippen molar-refractivity contribution in [3.63, 3.8) is 0 Å². The minimum atomic E-state index is -0.437. The first-order valence-corrected chi connectivity index (χ1v) is 4.63. The highest BCUT2D eigenvalue weighted by Gasteiger charge is 2.02. The van der Waals surface area contributed by atoms with Gasteiger partial charge in [-0.25, -0.2) is 9.37 Å². The van der Waals surface area contributed by atoms with Crippen LogP contribution in [0.3, 0.4) is 0 Å². The third-order valence-corrected chi connectivity index (χ3v) is 1.94. The monoisotopic (exact) mass is 203 g/mol. The fourth-order valence-corrected chi connectivity index (χ4v) is 1.20. The van der Waals surface area contributed by atoms with Crippen LogP contribution in [0.1, 0.15) is 5.56 Å². The van der Waals surface area contributed by atoms with Crippen molar-refractivity contribution in [2.45, 2.75) is 6.61 Å². The van der Waals surface area contributed by atoms with Crippen LogP contribution in [0.4, 0.5) is 4.39 Å². The third kappa shape index (κ3) is 2.53. The van der Waals surface area contributed by atoms with Gasteiger partial charge < -0.3 is 4.74 Å². The lowest BCUT2D eigenvalue weighted by atomic mass is 10.2. The number of halogens is 1. The zero-order valence-electron chi connectivity index (χ0n) is 8.06. The molecule has 0 radical (unpaired) electrons. The van der Waals surface area contributed by atoms with Crippen molar-refractivity contribution in [1.29, 1.82) is 0 Å². The van der Waals surface area contributed by atoms with Gasteiger partial charge in [-0.05, 0) is 17.7 Å². The average Bonchev–Trinajstić information content (AvgIpc) is 2.29. The van der Waals surface area contributed by atoms with E-state index in [9.17, 15) is 4.39 Å². The van der Waals surface area contributed by atoms with Crippen LogP contribution < -0.4 is 4.74 Å². The van der Waals surface area contributed by atoms with Crippen LogP contribution in [0.5, 0.6) is 5.88 Å². The highest BCUT2D eigenvalue weighted by atomic mass is 19.1. The van der Waals surface area contributed by atoms with Gasteiger partial charge in [0.1, 0.15) is 6.61 Å². The largest absolute Gasteiger partial charge is 0.471 e. The smallest absolute Gasteiger partial charge is 0.250 e. The maximum absolute atomic E-state index is 13.1. The highest BCUT2D eigenvalue weighted by molar-refractivity contribution is 5.16. The Labute approximate surface area is 87.4 Å². The Bertz CT molecular complexity index is 431. The van der Waals surface area contributed by atoms with Gasteiger partial charge in [-0.3, -0.25) is 0 Å². The van der Waals surface area contributed by atoms with Crippen molar-refractivity contribution < 1.29 is 9.13 Å². The van der Waals surface area contributed by atoms with E-state index in [0.717, 1.165) is 5.56 Å². The Kier molecular flexibility index (Phi) is 2.93. The van der Waals surface area contributed by atoms with Crippen LogP contribution in [0.2, 0.25) is 0 Å². The summed E-state index contributed by atoms with van der Waals surface area (Å²) in [5.41, 5.74) is 0.988. The SMILES string of the molecule is Fc1cccnc1OCc1ccccc1. The first-order chi connectivity index (χ1) is 7.36. The molecule has 0 aliphatic carbocycles. The topological polar surface area (TPSA) is 22.1 Å². The predicted molar refractivity (Wildman–Crippen MR) is 55.0 cm³/mol. The number of pyridine rings is 1. The molecule has 2 rings (SSSR count). The molecule has 0 amide bonds. The Morgan fingerprint density at radius 2 is 1.87 bits per heavy atom. The van der Waals surface area contributed by atoms with Gasteiger partial charge in [0.25, 0.3) is 5.88 Å². The number of nitrogens with zero attached hydrogens (tertiary/aromatic N) is 1. The average molecular weight is 203 g/mol. The lowest BCUT2D eigenvalue weighted by Crippen LogP contribution is -1.98. The van der Waals surface area contributed by atoms with E-state index >= 15 is 0 Å². The van der Waals surface area contributed by atoms with E-state index in [-0.39, 0.29) is 5.88 Å². The van der Waals surface area contributed by atoms with Crippen LogP contribution >= 0.6 is 0 Å². The predicted octanol–water partition coefficient (Wildman–Crippen LogP) is 2.80. The second-order valence-electron chi connectivity index (χ2n) is 3.06. The summed E-state index contributed by atoms with van der Waals surface area (Å²) in [6, 6.07) is 12.4. The van der Waals surface area contributed by atoms with Crippen LogP contribution in [-0.2, 0) is 6.61 Å². The van der Waals surface area contributed by atoms with E-state index in [2.05, 4.69) is 4.98 Å². The van der Waals surface area contributed by atoms with E-state index in [1.54, 1.807) is 0 Å². The van der Waals surface area contributed by atoms with Gasteiger partial charge in [0, 0.05) is 6.20 Å². The quantitative estimate of drug-likeness (QED) is 0.765. The molecule has 0 unspecified atom stereocenters. The summed E-state index contributed by atoms with van der Waals surface area (Å²) in [7, 11) is 0. The Balaban J connectivity index is 2.03.